The van der Waals surface area contributed by atoms with Gasteiger partial charge in [0.1, 0.15) is 12.7 Å². The van der Waals surface area contributed by atoms with Crippen molar-refractivity contribution in [2.75, 3.05) is 26.7 Å². The number of guanidine groups is 1. The zero-order valence-corrected chi connectivity index (χ0v) is 15.9. The highest BCUT2D eigenvalue weighted by Gasteiger charge is 2.20. The topological polar surface area (TPSA) is 72.7 Å². The van der Waals surface area contributed by atoms with Gasteiger partial charge < -0.3 is 20.1 Å². The van der Waals surface area contributed by atoms with Crippen molar-refractivity contribution < 1.29 is 9.47 Å². The Balaban J connectivity index is 1.45. The summed E-state index contributed by atoms with van der Waals surface area (Å²) in [5.74, 6) is 2.34. The molecule has 1 aliphatic heterocycles. The lowest BCUT2D eigenvalue weighted by Gasteiger charge is -2.27. The number of aliphatic imine (C=N–C) groups is 1. The van der Waals surface area contributed by atoms with Crippen LogP contribution < -0.4 is 20.1 Å². The van der Waals surface area contributed by atoms with Crippen LogP contribution in [0.1, 0.15) is 17.0 Å². The smallest absolute Gasteiger partial charge is 0.191 e. The number of fused-ring (bicyclic) bond motifs is 1. The van der Waals surface area contributed by atoms with Crippen molar-refractivity contribution in [1.82, 2.24) is 20.4 Å². The monoisotopic (exact) mass is 357 g/mol. The minimum absolute atomic E-state index is 0.0498. The van der Waals surface area contributed by atoms with E-state index in [1.165, 1.54) is 11.3 Å². The molecule has 2 heterocycles. The predicted molar refractivity (Wildman–Crippen MR) is 102 cm³/mol. The number of ether oxygens (including phenoxy) is 2. The van der Waals surface area contributed by atoms with E-state index in [4.69, 9.17) is 9.47 Å². The Morgan fingerprint density at radius 2 is 2.04 bits per heavy atom. The van der Waals surface area contributed by atoms with Gasteiger partial charge in [-0.15, -0.1) is 0 Å². The van der Waals surface area contributed by atoms with Crippen molar-refractivity contribution in [3.8, 4) is 11.5 Å². The van der Waals surface area contributed by atoms with Gasteiger partial charge in [-0.2, -0.15) is 5.10 Å². The van der Waals surface area contributed by atoms with Gasteiger partial charge in [-0.1, -0.05) is 12.1 Å². The fourth-order valence-electron chi connectivity index (χ4n) is 3.08. The summed E-state index contributed by atoms with van der Waals surface area (Å²) in [6.45, 7) is 6.08. The predicted octanol–water partition coefficient (Wildman–Crippen LogP) is 1.58. The molecule has 3 rings (SSSR count). The average Bonchev–Trinajstić information content (AvgIpc) is 2.90. The van der Waals surface area contributed by atoms with Crippen LogP contribution in [0, 0.1) is 13.8 Å². The SMILES string of the molecule is CN=C(NCCc1c(C)nn(C)c1C)NCC1COc2ccccc2O1. The first-order valence-electron chi connectivity index (χ1n) is 8.90. The summed E-state index contributed by atoms with van der Waals surface area (Å²) >= 11 is 0. The van der Waals surface area contributed by atoms with Crippen LogP contribution in [0.5, 0.6) is 11.5 Å². The molecule has 1 aliphatic rings. The second kappa shape index (κ2) is 8.12. The fourth-order valence-corrected chi connectivity index (χ4v) is 3.08. The van der Waals surface area contributed by atoms with Crippen LogP contribution in [0.15, 0.2) is 29.3 Å². The van der Waals surface area contributed by atoms with Gasteiger partial charge >= 0.3 is 0 Å². The summed E-state index contributed by atoms with van der Waals surface area (Å²) in [5.41, 5.74) is 3.58. The van der Waals surface area contributed by atoms with Crippen molar-refractivity contribution >= 4 is 5.96 Å². The lowest BCUT2D eigenvalue weighted by atomic mass is 10.1. The molecule has 0 saturated heterocycles. The summed E-state index contributed by atoms with van der Waals surface area (Å²) in [6, 6.07) is 7.73. The summed E-state index contributed by atoms with van der Waals surface area (Å²) in [5, 5.41) is 11.1. The van der Waals surface area contributed by atoms with E-state index in [1.807, 2.05) is 42.9 Å². The molecule has 2 N–H and O–H groups in total. The molecule has 7 heteroatoms. The normalized spacial score (nSPS) is 16.5. The van der Waals surface area contributed by atoms with Crippen molar-refractivity contribution in [2.45, 2.75) is 26.4 Å². The van der Waals surface area contributed by atoms with Gasteiger partial charge in [0.15, 0.2) is 17.5 Å². The van der Waals surface area contributed by atoms with E-state index < -0.39 is 0 Å². The Kier molecular flexibility index (Phi) is 5.65. The summed E-state index contributed by atoms with van der Waals surface area (Å²) < 4.78 is 13.6. The van der Waals surface area contributed by atoms with E-state index >= 15 is 0 Å². The number of aryl methyl sites for hydroxylation is 2. The van der Waals surface area contributed by atoms with Crippen LogP contribution in [0.3, 0.4) is 0 Å². The van der Waals surface area contributed by atoms with Gasteiger partial charge in [-0.05, 0) is 38.0 Å². The van der Waals surface area contributed by atoms with Crippen molar-refractivity contribution in [3.05, 3.63) is 41.2 Å². The number of nitrogens with zero attached hydrogens (tertiary/aromatic N) is 3. The highest BCUT2D eigenvalue weighted by atomic mass is 16.6. The van der Waals surface area contributed by atoms with Gasteiger partial charge in [0.2, 0.25) is 0 Å². The van der Waals surface area contributed by atoms with E-state index in [0.29, 0.717) is 13.2 Å². The first-order valence-corrected chi connectivity index (χ1v) is 8.90. The molecule has 0 fully saturated rings. The van der Waals surface area contributed by atoms with Crippen molar-refractivity contribution in [2.24, 2.45) is 12.0 Å². The zero-order valence-electron chi connectivity index (χ0n) is 15.9. The Labute approximate surface area is 154 Å². The number of para-hydroxylation sites is 2. The van der Waals surface area contributed by atoms with Crippen molar-refractivity contribution in [3.63, 3.8) is 0 Å². The van der Waals surface area contributed by atoms with E-state index in [1.54, 1.807) is 7.05 Å². The number of hydrogen-bond acceptors (Lipinski definition) is 4. The molecule has 26 heavy (non-hydrogen) atoms. The van der Waals surface area contributed by atoms with E-state index in [2.05, 4.69) is 27.6 Å². The standard InChI is InChI=1S/C19H27N5O2/c1-13-16(14(2)24(4)23-13)9-10-21-19(20-3)22-11-15-12-25-17-7-5-6-8-18(17)26-15/h5-8,15H,9-12H2,1-4H3,(H2,20,21,22). The number of aromatic nitrogens is 2. The molecule has 1 aromatic carbocycles. The maximum Gasteiger partial charge on any atom is 0.191 e. The summed E-state index contributed by atoms with van der Waals surface area (Å²) in [4.78, 5) is 4.28. The van der Waals surface area contributed by atoms with E-state index in [0.717, 1.165) is 36.1 Å². The first-order chi connectivity index (χ1) is 12.6. The Morgan fingerprint density at radius 1 is 1.27 bits per heavy atom. The van der Waals surface area contributed by atoms with Crippen LogP contribution in [0.25, 0.3) is 0 Å². The van der Waals surface area contributed by atoms with Crippen LogP contribution in [0.2, 0.25) is 0 Å². The van der Waals surface area contributed by atoms with Gasteiger partial charge in [-0.25, -0.2) is 0 Å². The lowest BCUT2D eigenvalue weighted by molar-refractivity contribution is 0.0936. The largest absolute Gasteiger partial charge is 0.486 e. The Hall–Kier alpha value is -2.70. The Morgan fingerprint density at radius 3 is 2.73 bits per heavy atom. The number of benzene rings is 1. The van der Waals surface area contributed by atoms with E-state index in [9.17, 15) is 0 Å². The molecule has 0 saturated carbocycles. The molecular weight excluding hydrogens is 330 g/mol. The molecular formula is C19H27N5O2. The zero-order chi connectivity index (χ0) is 18.5. The van der Waals surface area contributed by atoms with Gasteiger partial charge in [-0.3, -0.25) is 9.67 Å². The van der Waals surface area contributed by atoms with Gasteiger partial charge in [0.05, 0.1) is 12.2 Å². The minimum Gasteiger partial charge on any atom is -0.486 e. The molecule has 1 unspecified atom stereocenters. The highest BCUT2D eigenvalue weighted by molar-refractivity contribution is 5.79. The average molecular weight is 357 g/mol. The van der Waals surface area contributed by atoms with Gasteiger partial charge in [0, 0.05) is 26.3 Å². The third-order valence-electron chi connectivity index (χ3n) is 4.61. The fraction of sp³-hybridized carbons (Fsp3) is 0.474. The third-order valence-corrected chi connectivity index (χ3v) is 4.61. The maximum absolute atomic E-state index is 5.95. The van der Waals surface area contributed by atoms with Gasteiger partial charge in [0.25, 0.3) is 0 Å². The second-order valence-corrected chi connectivity index (χ2v) is 6.40. The third kappa shape index (κ3) is 4.09. The van der Waals surface area contributed by atoms with E-state index in [-0.39, 0.29) is 6.10 Å². The lowest BCUT2D eigenvalue weighted by Crippen LogP contribution is -2.45. The second-order valence-electron chi connectivity index (χ2n) is 6.40. The molecule has 0 bridgehead atoms. The maximum atomic E-state index is 5.95. The number of nitrogens with one attached hydrogen (secondary N) is 2. The van der Waals surface area contributed by atoms with Crippen LogP contribution in [0.4, 0.5) is 0 Å². The highest BCUT2D eigenvalue weighted by Crippen LogP contribution is 2.30. The molecule has 1 atom stereocenters. The van der Waals surface area contributed by atoms with Crippen LogP contribution in [-0.2, 0) is 13.5 Å². The summed E-state index contributed by atoms with van der Waals surface area (Å²) in [6.07, 6.45) is 0.856. The minimum atomic E-state index is -0.0498. The number of hydrogen-bond donors (Lipinski definition) is 2. The molecule has 0 radical (unpaired) electrons. The Bertz CT molecular complexity index is 784. The quantitative estimate of drug-likeness (QED) is 0.628. The molecule has 7 nitrogen and oxygen atoms in total. The van der Waals surface area contributed by atoms with Crippen molar-refractivity contribution in [1.29, 1.82) is 0 Å². The molecule has 140 valence electrons. The van der Waals surface area contributed by atoms with Crippen LogP contribution >= 0.6 is 0 Å². The molecule has 0 spiro atoms. The molecule has 2 aromatic rings. The molecule has 0 amide bonds. The summed E-state index contributed by atoms with van der Waals surface area (Å²) in [7, 11) is 3.74. The molecule has 0 aliphatic carbocycles. The molecule has 1 aromatic heterocycles. The first kappa shape index (κ1) is 18.1. The van der Waals surface area contributed by atoms with Crippen LogP contribution in [-0.4, -0.2) is 48.6 Å². The number of rotatable bonds is 5.